The predicted octanol–water partition coefficient (Wildman–Crippen LogP) is 5.86. The second-order valence-electron chi connectivity index (χ2n) is 6.45. The highest BCUT2D eigenvalue weighted by molar-refractivity contribution is 7.13. The fraction of sp³-hybridized carbons (Fsp3) is 0.0435. The maximum Gasteiger partial charge on any atom is 0.222 e. The molecule has 0 bridgehead atoms. The summed E-state index contributed by atoms with van der Waals surface area (Å²) in [5.41, 5.74) is 3.42. The number of nitrogens with zero attached hydrogens (tertiary/aromatic N) is 1. The Morgan fingerprint density at radius 2 is 1.79 bits per heavy atom. The largest absolute Gasteiger partial charge is 0.497 e. The van der Waals surface area contributed by atoms with Crippen LogP contribution in [0, 0.1) is 5.41 Å². The molecular weight excluding hydrogens is 368 g/mol. The predicted molar refractivity (Wildman–Crippen MR) is 113 cm³/mol. The average molecular weight is 384 g/mol. The molecule has 2 heterocycles. The Morgan fingerprint density at radius 3 is 2.61 bits per heavy atom. The number of hydrogen-bond acceptors (Lipinski definition) is 5. The van der Waals surface area contributed by atoms with Crippen molar-refractivity contribution in [1.29, 1.82) is 5.41 Å². The van der Waals surface area contributed by atoms with Gasteiger partial charge in [0.2, 0.25) is 5.55 Å². The zero-order valence-corrected chi connectivity index (χ0v) is 15.9. The third-order valence-electron chi connectivity index (χ3n) is 4.80. The average Bonchev–Trinajstić information content (AvgIpc) is 3.23. The highest BCUT2D eigenvalue weighted by atomic mass is 32.1. The van der Waals surface area contributed by atoms with Gasteiger partial charge in [0.05, 0.1) is 18.4 Å². The first-order valence-electron chi connectivity index (χ1n) is 8.83. The van der Waals surface area contributed by atoms with Crippen molar-refractivity contribution < 1.29 is 9.15 Å². The molecule has 28 heavy (non-hydrogen) atoms. The van der Waals surface area contributed by atoms with Crippen LogP contribution in [0.1, 0.15) is 0 Å². The van der Waals surface area contributed by atoms with E-state index < -0.39 is 0 Å². The molecule has 4 nitrogen and oxygen atoms in total. The van der Waals surface area contributed by atoms with E-state index in [1.54, 1.807) is 7.11 Å². The molecule has 2 aromatic heterocycles. The third-order valence-corrected chi connectivity index (χ3v) is 5.67. The van der Waals surface area contributed by atoms with Crippen molar-refractivity contribution in [3.8, 4) is 27.6 Å². The minimum absolute atomic E-state index is 0.124. The number of hydrogen-bond donors (Lipinski definition) is 1. The number of rotatable bonds is 3. The van der Waals surface area contributed by atoms with Crippen LogP contribution in [0.5, 0.6) is 5.75 Å². The smallest absolute Gasteiger partial charge is 0.222 e. The lowest BCUT2D eigenvalue weighted by molar-refractivity contribution is 0.415. The van der Waals surface area contributed by atoms with Gasteiger partial charge in [-0.3, -0.25) is 5.41 Å². The van der Waals surface area contributed by atoms with Gasteiger partial charge < -0.3 is 9.15 Å². The standard InChI is InChI=1S/C23H16N2O2S/c1-26-16-9-6-15(7-10-16)20-13-28-23(25-20)19-12-18-17-5-3-2-4-14(17)8-11-21(18)27-22(19)24/h2-13,24H,1H3. The molecule has 0 saturated carbocycles. The quantitative estimate of drug-likeness (QED) is 0.396. The van der Waals surface area contributed by atoms with E-state index in [-0.39, 0.29) is 5.55 Å². The Morgan fingerprint density at radius 1 is 0.964 bits per heavy atom. The van der Waals surface area contributed by atoms with Gasteiger partial charge in [-0.25, -0.2) is 4.98 Å². The first kappa shape index (κ1) is 16.7. The highest BCUT2D eigenvalue weighted by Gasteiger charge is 2.12. The second-order valence-corrected chi connectivity index (χ2v) is 7.31. The lowest BCUT2D eigenvalue weighted by Gasteiger charge is -2.05. The summed E-state index contributed by atoms with van der Waals surface area (Å²) in [5.74, 6) is 0.813. The topological polar surface area (TPSA) is 59.1 Å². The Bertz CT molecular complexity index is 1370. The van der Waals surface area contributed by atoms with Crippen LogP contribution in [0.25, 0.3) is 43.6 Å². The molecule has 3 aromatic carbocycles. The maximum atomic E-state index is 8.35. The van der Waals surface area contributed by atoms with Crippen LogP contribution < -0.4 is 10.3 Å². The first-order chi connectivity index (χ1) is 13.7. The van der Waals surface area contributed by atoms with Crippen LogP contribution in [-0.4, -0.2) is 12.1 Å². The summed E-state index contributed by atoms with van der Waals surface area (Å²) in [7, 11) is 1.65. The van der Waals surface area contributed by atoms with E-state index in [0.29, 0.717) is 11.1 Å². The molecule has 0 radical (unpaired) electrons. The third kappa shape index (κ3) is 2.77. The van der Waals surface area contributed by atoms with E-state index in [9.17, 15) is 0 Å². The molecule has 5 rings (SSSR count). The van der Waals surface area contributed by atoms with Crippen molar-refractivity contribution in [3.63, 3.8) is 0 Å². The van der Waals surface area contributed by atoms with Crippen molar-refractivity contribution in [1.82, 2.24) is 4.98 Å². The van der Waals surface area contributed by atoms with E-state index in [4.69, 9.17) is 19.5 Å². The lowest BCUT2D eigenvalue weighted by Crippen LogP contribution is -2.03. The first-order valence-corrected chi connectivity index (χ1v) is 9.71. The van der Waals surface area contributed by atoms with Crippen LogP contribution in [0.2, 0.25) is 0 Å². The number of benzene rings is 3. The van der Waals surface area contributed by atoms with E-state index in [2.05, 4.69) is 12.1 Å². The van der Waals surface area contributed by atoms with Gasteiger partial charge in [0, 0.05) is 16.3 Å². The summed E-state index contributed by atoms with van der Waals surface area (Å²) in [6.45, 7) is 0. The van der Waals surface area contributed by atoms with Crippen LogP contribution >= 0.6 is 11.3 Å². The molecule has 0 amide bonds. The SMILES string of the molecule is COc1ccc(-c2csc(-c3cc4c(ccc5ccccc54)oc3=N)n2)cc1. The molecule has 0 aliphatic rings. The van der Waals surface area contributed by atoms with Gasteiger partial charge >= 0.3 is 0 Å². The van der Waals surface area contributed by atoms with Crippen molar-refractivity contribution in [2.24, 2.45) is 0 Å². The summed E-state index contributed by atoms with van der Waals surface area (Å²) in [6.07, 6.45) is 0. The van der Waals surface area contributed by atoms with Gasteiger partial charge in [-0.1, -0.05) is 30.3 Å². The van der Waals surface area contributed by atoms with Crippen LogP contribution in [0.15, 0.2) is 76.5 Å². The van der Waals surface area contributed by atoms with Gasteiger partial charge in [-0.2, -0.15) is 0 Å². The minimum Gasteiger partial charge on any atom is -0.497 e. The number of fused-ring (bicyclic) bond motifs is 3. The number of ether oxygens (including phenoxy) is 1. The molecule has 5 aromatic rings. The summed E-state index contributed by atoms with van der Waals surface area (Å²) in [4.78, 5) is 4.75. The van der Waals surface area contributed by atoms with Crippen molar-refractivity contribution in [2.45, 2.75) is 0 Å². The van der Waals surface area contributed by atoms with Gasteiger partial charge in [0.1, 0.15) is 16.3 Å². The number of aromatic nitrogens is 1. The highest BCUT2D eigenvalue weighted by Crippen LogP contribution is 2.31. The molecule has 136 valence electrons. The number of methoxy groups -OCH3 is 1. The Kier molecular flexibility index (Phi) is 3.95. The van der Waals surface area contributed by atoms with Gasteiger partial charge in [-0.15, -0.1) is 11.3 Å². The fourth-order valence-corrected chi connectivity index (χ4v) is 4.18. The molecule has 5 heteroatoms. The van der Waals surface area contributed by atoms with Crippen molar-refractivity contribution >= 4 is 33.1 Å². The Labute approximate surface area is 165 Å². The van der Waals surface area contributed by atoms with Crippen LogP contribution in [0.4, 0.5) is 0 Å². The van der Waals surface area contributed by atoms with Crippen LogP contribution in [0.3, 0.4) is 0 Å². The Balaban J connectivity index is 1.64. The number of nitrogens with one attached hydrogen (secondary N) is 1. The van der Waals surface area contributed by atoms with E-state index in [0.717, 1.165) is 38.2 Å². The second kappa shape index (κ2) is 6.62. The summed E-state index contributed by atoms with van der Waals surface area (Å²) in [5, 5.41) is 14.4. The molecule has 1 N–H and O–H groups in total. The molecule has 0 aliphatic carbocycles. The van der Waals surface area contributed by atoms with Gasteiger partial charge in [0.15, 0.2) is 0 Å². The molecule has 0 atom stereocenters. The molecule has 0 fully saturated rings. The zero-order valence-electron chi connectivity index (χ0n) is 15.1. The summed E-state index contributed by atoms with van der Waals surface area (Å²) < 4.78 is 11.0. The zero-order chi connectivity index (χ0) is 19.1. The summed E-state index contributed by atoms with van der Waals surface area (Å²) in [6, 6.07) is 21.9. The van der Waals surface area contributed by atoms with Crippen molar-refractivity contribution in [2.75, 3.05) is 7.11 Å². The molecule has 0 spiro atoms. The monoisotopic (exact) mass is 384 g/mol. The van der Waals surface area contributed by atoms with E-state index >= 15 is 0 Å². The van der Waals surface area contributed by atoms with Gasteiger partial charge in [-0.05, 0) is 47.2 Å². The fourth-order valence-electron chi connectivity index (χ4n) is 3.34. The minimum atomic E-state index is 0.124. The number of thiazole rings is 1. The molecule has 0 unspecified atom stereocenters. The normalized spacial score (nSPS) is 11.2. The van der Waals surface area contributed by atoms with Crippen molar-refractivity contribution in [3.05, 3.63) is 77.7 Å². The van der Waals surface area contributed by atoms with Gasteiger partial charge in [0.25, 0.3) is 0 Å². The lowest BCUT2D eigenvalue weighted by atomic mass is 10.0. The summed E-state index contributed by atoms with van der Waals surface area (Å²) >= 11 is 1.51. The van der Waals surface area contributed by atoms with Crippen LogP contribution in [-0.2, 0) is 0 Å². The Hall–Kier alpha value is -3.44. The van der Waals surface area contributed by atoms with E-state index in [1.807, 2.05) is 60.0 Å². The molecule has 0 aliphatic heterocycles. The molecular formula is C23H16N2O2S. The maximum absolute atomic E-state index is 8.35. The molecule has 0 saturated heterocycles. The van der Waals surface area contributed by atoms with E-state index in [1.165, 1.54) is 11.3 Å².